The van der Waals surface area contributed by atoms with Crippen molar-refractivity contribution in [1.82, 2.24) is 0 Å². The van der Waals surface area contributed by atoms with Gasteiger partial charge in [-0.2, -0.15) is 0 Å². The van der Waals surface area contributed by atoms with E-state index in [1.54, 1.807) is 0 Å². The fraction of sp³-hybridized carbons (Fsp3) is 0.750. The van der Waals surface area contributed by atoms with Gasteiger partial charge in [0.15, 0.2) is 0 Å². The maximum atomic E-state index is 10.6. The fourth-order valence-corrected chi connectivity index (χ4v) is 4.17. The molecule has 1 heterocycles. The molecule has 6 nitrogen and oxygen atoms in total. The highest BCUT2D eigenvalue weighted by Gasteiger charge is 2.11. The molecule has 0 spiro atoms. The molecule has 0 aromatic rings. The SMILES string of the molecule is O=C(O)CCC(=O)O.O=S1CCS(=O)CC1. The van der Waals surface area contributed by atoms with E-state index in [1.807, 2.05) is 0 Å². The van der Waals surface area contributed by atoms with Crippen molar-refractivity contribution < 1.29 is 28.2 Å². The molecule has 8 heteroatoms. The van der Waals surface area contributed by atoms with E-state index in [1.165, 1.54) is 0 Å². The lowest BCUT2D eigenvalue weighted by atomic mass is 10.3. The minimum absolute atomic E-state index is 0.296. The molecule has 0 aromatic carbocycles. The average Bonchev–Trinajstić information content (AvgIpc) is 2.20. The van der Waals surface area contributed by atoms with Crippen LogP contribution in [0.3, 0.4) is 0 Å². The first-order chi connectivity index (χ1) is 7.41. The smallest absolute Gasteiger partial charge is 0.303 e. The van der Waals surface area contributed by atoms with Crippen molar-refractivity contribution in [3.05, 3.63) is 0 Å². The molecule has 0 amide bonds. The van der Waals surface area contributed by atoms with E-state index in [0.29, 0.717) is 23.0 Å². The van der Waals surface area contributed by atoms with Crippen LogP contribution in [0.5, 0.6) is 0 Å². The molecule has 1 aliphatic heterocycles. The van der Waals surface area contributed by atoms with Crippen LogP contribution in [-0.4, -0.2) is 53.6 Å². The lowest BCUT2D eigenvalue weighted by molar-refractivity contribution is -0.143. The van der Waals surface area contributed by atoms with Crippen LogP contribution in [0.2, 0.25) is 0 Å². The Hall–Kier alpha value is -0.760. The van der Waals surface area contributed by atoms with Gasteiger partial charge in [0.1, 0.15) is 0 Å². The minimum Gasteiger partial charge on any atom is -0.481 e. The molecule has 0 radical (unpaired) electrons. The Morgan fingerprint density at radius 1 is 0.812 bits per heavy atom. The van der Waals surface area contributed by atoms with Crippen molar-refractivity contribution in [2.75, 3.05) is 23.0 Å². The summed E-state index contributed by atoms with van der Waals surface area (Å²) >= 11 is 0. The highest BCUT2D eigenvalue weighted by atomic mass is 32.2. The Morgan fingerprint density at radius 2 is 1.06 bits per heavy atom. The first kappa shape index (κ1) is 15.2. The van der Waals surface area contributed by atoms with Gasteiger partial charge in [-0.25, -0.2) is 0 Å². The molecular formula is C8H14O6S2. The molecule has 1 aliphatic rings. The Balaban J connectivity index is 0.000000281. The third-order valence-corrected chi connectivity index (χ3v) is 4.78. The van der Waals surface area contributed by atoms with Gasteiger partial charge in [-0.1, -0.05) is 0 Å². The minimum atomic E-state index is -1.08. The molecule has 94 valence electrons. The van der Waals surface area contributed by atoms with Crippen LogP contribution in [-0.2, 0) is 31.2 Å². The Morgan fingerprint density at radius 3 is 1.25 bits per heavy atom. The van der Waals surface area contributed by atoms with Crippen molar-refractivity contribution in [2.24, 2.45) is 0 Å². The number of carboxylic acids is 2. The second-order valence-corrected chi connectivity index (χ2v) is 6.38. The molecular weight excluding hydrogens is 256 g/mol. The summed E-state index contributed by atoms with van der Waals surface area (Å²) in [7, 11) is -1.31. The molecule has 0 bridgehead atoms. The topological polar surface area (TPSA) is 109 Å². The van der Waals surface area contributed by atoms with Crippen molar-refractivity contribution in [1.29, 1.82) is 0 Å². The zero-order valence-electron chi connectivity index (χ0n) is 8.59. The largest absolute Gasteiger partial charge is 0.481 e. The molecule has 0 aromatic heterocycles. The van der Waals surface area contributed by atoms with Crippen molar-refractivity contribution >= 4 is 33.5 Å². The summed E-state index contributed by atoms with van der Waals surface area (Å²) in [6, 6.07) is 0. The van der Waals surface area contributed by atoms with Gasteiger partial charge < -0.3 is 10.2 Å². The first-order valence-electron chi connectivity index (χ1n) is 4.55. The van der Waals surface area contributed by atoms with Gasteiger partial charge in [-0.05, 0) is 0 Å². The highest BCUT2D eigenvalue weighted by Crippen LogP contribution is 1.95. The van der Waals surface area contributed by atoms with Gasteiger partial charge in [-0.3, -0.25) is 18.0 Å². The summed E-state index contributed by atoms with van der Waals surface area (Å²) in [6.07, 6.45) is -0.593. The average molecular weight is 270 g/mol. The van der Waals surface area contributed by atoms with Crippen molar-refractivity contribution in [3.63, 3.8) is 0 Å². The lowest BCUT2D eigenvalue weighted by Crippen LogP contribution is -2.22. The van der Waals surface area contributed by atoms with Gasteiger partial charge in [0, 0.05) is 44.6 Å². The molecule has 1 fully saturated rings. The second-order valence-electron chi connectivity index (χ2n) is 2.98. The maximum absolute atomic E-state index is 10.6. The van der Waals surface area contributed by atoms with Crippen LogP contribution in [0.4, 0.5) is 0 Å². The van der Waals surface area contributed by atoms with Crippen LogP contribution in [0.15, 0.2) is 0 Å². The van der Waals surface area contributed by atoms with E-state index in [9.17, 15) is 18.0 Å². The Bertz CT molecular complexity index is 259. The molecule has 1 rings (SSSR count). The van der Waals surface area contributed by atoms with Crippen LogP contribution >= 0.6 is 0 Å². The fourth-order valence-electron chi connectivity index (χ4n) is 0.790. The Labute approximate surface area is 98.0 Å². The van der Waals surface area contributed by atoms with Crippen LogP contribution in [0.25, 0.3) is 0 Å². The maximum Gasteiger partial charge on any atom is 0.303 e. The zero-order valence-corrected chi connectivity index (χ0v) is 10.2. The molecule has 0 unspecified atom stereocenters. The molecule has 0 aliphatic carbocycles. The molecule has 1 saturated heterocycles. The summed E-state index contributed by atoms with van der Waals surface area (Å²) in [5, 5.41) is 15.8. The summed E-state index contributed by atoms with van der Waals surface area (Å²) in [5.74, 6) is 0.429. The summed E-state index contributed by atoms with van der Waals surface area (Å²) in [4.78, 5) is 19.3. The predicted octanol–water partition coefficient (Wildman–Crippen LogP) is -0.567. The first-order valence-corrected chi connectivity index (χ1v) is 7.53. The quantitative estimate of drug-likeness (QED) is 0.711. The van der Waals surface area contributed by atoms with Gasteiger partial charge in [-0.15, -0.1) is 0 Å². The summed E-state index contributed by atoms with van der Waals surface area (Å²) < 4.78 is 21.2. The number of carboxylic acid groups (broad SMARTS) is 2. The number of aliphatic carboxylic acids is 2. The molecule has 0 atom stereocenters. The third-order valence-electron chi connectivity index (χ3n) is 1.63. The normalized spacial score (nSPS) is 24.0. The predicted molar refractivity (Wildman–Crippen MR) is 60.3 cm³/mol. The van der Waals surface area contributed by atoms with E-state index in [-0.39, 0.29) is 12.8 Å². The van der Waals surface area contributed by atoms with E-state index in [0.717, 1.165) is 0 Å². The summed E-state index contributed by atoms with van der Waals surface area (Å²) in [5.41, 5.74) is 0. The monoisotopic (exact) mass is 270 g/mol. The Kier molecular flexibility index (Phi) is 8.00. The zero-order chi connectivity index (χ0) is 12.6. The lowest BCUT2D eigenvalue weighted by Gasteiger charge is -2.07. The molecule has 2 N–H and O–H groups in total. The number of hydrogen-bond donors (Lipinski definition) is 2. The number of hydrogen-bond acceptors (Lipinski definition) is 4. The molecule has 16 heavy (non-hydrogen) atoms. The van der Waals surface area contributed by atoms with Crippen LogP contribution < -0.4 is 0 Å². The van der Waals surface area contributed by atoms with Crippen LogP contribution in [0.1, 0.15) is 12.8 Å². The van der Waals surface area contributed by atoms with E-state index >= 15 is 0 Å². The standard InChI is InChI=1S/C4H6O4.C4H8O2S2/c5-3(6)1-2-4(7)8;5-7-1-2-8(6)4-3-7/h1-2H2,(H,5,6)(H,7,8);1-4H2. The second kappa shape index (κ2) is 8.40. The highest BCUT2D eigenvalue weighted by molar-refractivity contribution is 7.92. The van der Waals surface area contributed by atoms with E-state index < -0.39 is 33.5 Å². The van der Waals surface area contributed by atoms with Crippen molar-refractivity contribution in [2.45, 2.75) is 12.8 Å². The van der Waals surface area contributed by atoms with Gasteiger partial charge in [0.2, 0.25) is 0 Å². The van der Waals surface area contributed by atoms with E-state index in [4.69, 9.17) is 10.2 Å². The third kappa shape index (κ3) is 9.78. The van der Waals surface area contributed by atoms with Gasteiger partial charge in [0.05, 0.1) is 12.8 Å². The van der Waals surface area contributed by atoms with Gasteiger partial charge >= 0.3 is 11.9 Å². The summed E-state index contributed by atoms with van der Waals surface area (Å²) in [6.45, 7) is 0. The number of rotatable bonds is 3. The number of carbonyl (C=O) groups is 2. The molecule has 0 saturated carbocycles. The van der Waals surface area contributed by atoms with Crippen LogP contribution in [0, 0.1) is 0 Å². The van der Waals surface area contributed by atoms with E-state index in [2.05, 4.69) is 0 Å². The van der Waals surface area contributed by atoms with Gasteiger partial charge in [0.25, 0.3) is 0 Å². The van der Waals surface area contributed by atoms with Crippen molar-refractivity contribution in [3.8, 4) is 0 Å².